The summed E-state index contributed by atoms with van der Waals surface area (Å²) in [4.78, 5) is 0. The maximum atomic E-state index is 2.51. The van der Waals surface area contributed by atoms with Gasteiger partial charge in [0.2, 0.25) is 0 Å². The molecule has 0 saturated heterocycles. The molecule has 0 bridgehead atoms. The maximum absolute atomic E-state index is 2.51. The van der Waals surface area contributed by atoms with E-state index in [1.165, 1.54) is 71.1 Å². The minimum Gasteiger partial charge on any atom is -0.308 e. The molecular formula is C31H21N. The summed E-state index contributed by atoms with van der Waals surface area (Å²) >= 11 is 0. The lowest BCUT2D eigenvalue weighted by atomic mass is 9.82. The maximum Gasteiger partial charge on any atom is 0.0620 e. The van der Waals surface area contributed by atoms with Crippen LogP contribution >= 0.6 is 0 Å². The summed E-state index contributed by atoms with van der Waals surface area (Å²) < 4.78 is 2.51. The minimum absolute atomic E-state index is 0.0182. The van der Waals surface area contributed by atoms with Crippen molar-refractivity contribution < 1.29 is 0 Å². The van der Waals surface area contributed by atoms with Gasteiger partial charge in [-0.2, -0.15) is 0 Å². The van der Waals surface area contributed by atoms with Gasteiger partial charge in [0.15, 0.2) is 0 Å². The molecule has 2 heterocycles. The highest BCUT2D eigenvalue weighted by Gasteiger charge is 2.37. The molecular weight excluding hydrogens is 386 g/mol. The van der Waals surface area contributed by atoms with Crippen molar-refractivity contribution in [1.29, 1.82) is 0 Å². The molecule has 0 fully saturated rings. The van der Waals surface area contributed by atoms with Gasteiger partial charge in [-0.1, -0.05) is 86.6 Å². The zero-order valence-corrected chi connectivity index (χ0v) is 18.1. The average Bonchev–Trinajstić information content (AvgIpc) is 3.41. The van der Waals surface area contributed by atoms with Gasteiger partial charge in [-0.15, -0.1) is 0 Å². The topological polar surface area (TPSA) is 4.41 Å². The fraction of sp³-hybridized carbons (Fsp3) is 0.0968. The fourth-order valence-electron chi connectivity index (χ4n) is 6.45. The predicted molar refractivity (Wildman–Crippen MR) is 136 cm³/mol. The molecule has 0 aliphatic heterocycles. The Hall–Kier alpha value is -3.84. The lowest BCUT2D eigenvalue weighted by Crippen LogP contribution is -2.14. The third-order valence-corrected chi connectivity index (χ3v) is 7.89. The largest absolute Gasteiger partial charge is 0.308 e. The van der Waals surface area contributed by atoms with Crippen LogP contribution in [0.5, 0.6) is 0 Å². The molecule has 0 amide bonds. The van der Waals surface area contributed by atoms with Crippen LogP contribution in [0.2, 0.25) is 0 Å². The standard InChI is InChI=1S/C31H21N/c1-31(2)24-13-6-5-10-21(24)28-25(31)14-15-26-29(28)22-12-7-11-20-23-16-18-8-3-4-9-19(18)17-27(23)32(26)30(20)22/h3-17H,1-2H3. The predicted octanol–water partition coefficient (Wildman–Crippen LogP) is 8.30. The summed E-state index contributed by atoms with van der Waals surface area (Å²) in [6.45, 7) is 4.73. The Bertz CT molecular complexity index is 1900. The first-order valence-corrected chi connectivity index (χ1v) is 11.4. The molecule has 0 atom stereocenters. The van der Waals surface area contributed by atoms with Crippen molar-refractivity contribution in [3.63, 3.8) is 0 Å². The number of hydrogen-bond donors (Lipinski definition) is 0. The lowest BCUT2D eigenvalue weighted by Gasteiger charge is -2.21. The van der Waals surface area contributed by atoms with E-state index in [1.807, 2.05) is 0 Å². The average molecular weight is 408 g/mol. The number of aromatic nitrogens is 1. The van der Waals surface area contributed by atoms with Crippen LogP contribution in [-0.2, 0) is 5.41 Å². The van der Waals surface area contributed by atoms with Crippen LogP contribution in [-0.4, -0.2) is 4.40 Å². The number of hydrogen-bond acceptors (Lipinski definition) is 0. The lowest BCUT2D eigenvalue weighted by molar-refractivity contribution is 0.661. The molecule has 0 radical (unpaired) electrons. The van der Waals surface area contributed by atoms with Crippen molar-refractivity contribution >= 4 is 48.9 Å². The second-order valence-corrected chi connectivity index (χ2v) is 9.81. The molecule has 1 aliphatic carbocycles. The Morgan fingerprint density at radius 1 is 0.594 bits per heavy atom. The molecule has 8 rings (SSSR count). The molecule has 0 spiro atoms. The third kappa shape index (κ3) is 1.75. The van der Waals surface area contributed by atoms with Crippen LogP contribution in [0, 0.1) is 0 Å². The van der Waals surface area contributed by atoms with Gasteiger partial charge in [0.25, 0.3) is 0 Å². The second-order valence-electron chi connectivity index (χ2n) is 9.81. The summed E-state index contributed by atoms with van der Waals surface area (Å²) in [6, 6.07) is 34.0. The summed E-state index contributed by atoms with van der Waals surface area (Å²) in [6.07, 6.45) is 0. The van der Waals surface area contributed by atoms with Gasteiger partial charge < -0.3 is 4.40 Å². The van der Waals surface area contributed by atoms with Crippen LogP contribution in [0.15, 0.2) is 91.0 Å². The van der Waals surface area contributed by atoms with Gasteiger partial charge in [0.1, 0.15) is 0 Å². The molecule has 2 aromatic heterocycles. The smallest absolute Gasteiger partial charge is 0.0620 e. The molecule has 150 valence electrons. The summed E-state index contributed by atoms with van der Waals surface area (Å²) in [5, 5.41) is 8.04. The molecule has 1 aliphatic rings. The summed E-state index contributed by atoms with van der Waals surface area (Å²) in [5.74, 6) is 0. The van der Waals surface area contributed by atoms with Crippen molar-refractivity contribution in [3.8, 4) is 11.1 Å². The molecule has 0 saturated carbocycles. The Kier molecular flexibility index (Phi) is 2.79. The molecule has 32 heavy (non-hydrogen) atoms. The van der Waals surface area contributed by atoms with Crippen LogP contribution in [0.25, 0.3) is 60.0 Å². The van der Waals surface area contributed by atoms with Gasteiger partial charge >= 0.3 is 0 Å². The van der Waals surface area contributed by atoms with Crippen molar-refractivity contribution in [3.05, 3.63) is 102 Å². The van der Waals surface area contributed by atoms with E-state index in [1.54, 1.807) is 0 Å². The Morgan fingerprint density at radius 2 is 1.34 bits per heavy atom. The van der Waals surface area contributed by atoms with E-state index in [4.69, 9.17) is 0 Å². The fourth-order valence-corrected chi connectivity index (χ4v) is 6.45. The van der Waals surface area contributed by atoms with Gasteiger partial charge in [0.05, 0.1) is 16.6 Å². The number of para-hydroxylation sites is 1. The van der Waals surface area contributed by atoms with Crippen LogP contribution < -0.4 is 0 Å². The molecule has 7 aromatic rings. The van der Waals surface area contributed by atoms with E-state index in [2.05, 4.69) is 109 Å². The van der Waals surface area contributed by atoms with Crippen LogP contribution in [0.1, 0.15) is 25.0 Å². The van der Waals surface area contributed by atoms with E-state index in [0.717, 1.165) is 0 Å². The third-order valence-electron chi connectivity index (χ3n) is 7.89. The minimum atomic E-state index is 0.0182. The number of benzene rings is 5. The van der Waals surface area contributed by atoms with Crippen molar-refractivity contribution in [1.82, 2.24) is 4.40 Å². The molecule has 5 aromatic carbocycles. The first-order chi connectivity index (χ1) is 15.6. The van der Waals surface area contributed by atoms with Gasteiger partial charge in [-0.3, -0.25) is 0 Å². The number of rotatable bonds is 0. The van der Waals surface area contributed by atoms with E-state index < -0.39 is 0 Å². The number of fused-ring (bicyclic) bond motifs is 11. The quantitative estimate of drug-likeness (QED) is 0.238. The highest BCUT2D eigenvalue weighted by Crippen LogP contribution is 2.53. The second kappa shape index (κ2) is 5.31. The van der Waals surface area contributed by atoms with Crippen molar-refractivity contribution in [2.45, 2.75) is 19.3 Å². The van der Waals surface area contributed by atoms with Gasteiger partial charge in [-0.05, 0) is 51.2 Å². The highest BCUT2D eigenvalue weighted by atomic mass is 14.9. The first-order valence-electron chi connectivity index (χ1n) is 11.4. The normalized spacial score (nSPS) is 14.8. The summed E-state index contributed by atoms with van der Waals surface area (Å²) in [5.41, 5.74) is 9.67. The molecule has 1 nitrogen and oxygen atoms in total. The molecule has 1 heteroatoms. The van der Waals surface area contributed by atoms with Gasteiger partial charge in [0, 0.05) is 27.0 Å². The van der Waals surface area contributed by atoms with Crippen LogP contribution in [0.4, 0.5) is 0 Å². The van der Waals surface area contributed by atoms with Crippen molar-refractivity contribution in [2.75, 3.05) is 0 Å². The van der Waals surface area contributed by atoms with Crippen molar-refractivity contribution in [2.24, 2.45) is 0 Å². The highest BCUT2D eigenvalue weighted by molar-refractivity contribution is 6.27. The Balaban J connectivity index is 1.66. The first kappa shape index (κ1) is 16.8. The van der Waals surface area contributed by atoms with E-state index >= 15 is 0 Å². The van der Waals surface area contributed by atoms with Gasteiger partial charge in [-0.25, -0.2) is 0 Å². The Morgan fingerprint density at radius 3 is 2.22 bits per heavy atom. The Labute approximate surface area is 185 Å². The summed E-state index contributed by atoms with van der Waals surface area (Å²) in [7, 11) is 0. The van der Waals surface area contributed by atoms with E-state index in [9.17, 15) is 0 Å². The van der Waals surface area contributed by atoms with E-state index in [0.29, 0.717) is 0 Å². The van der Waals surface area contributed by atoms with E-state index in [-0.39, 0.29) is 5.41 Å². The van der Waals surface area contributed by atoms with Crippen LogP contribution in [0.3, 0.4) is 0 Å². The SMILES string of the molecule is CC1(C)c2ccccc2-c2c1ccc1c2c2cccc3c4cc5ccccc5cc4n1c32. The number of nitrogens with zero attached hydrogens (tertiary/aromatic N) is 1. The zero-order valence-electron chi connectivity index (χ0n) is 18.1. The zero-order chi connectivity index (χ0) is 21.2. The molecule has 0 unspecified atom stereocenters. The molecule has 0 N–H and O–H groups in total. The monoisotopic (exact) mass is 407 g/mol.